The van der Waals surface area contributed by atoms with Crippen LogP contribution in [0, 0.1) is 0 Å². The van der Waals surface area contributed by atoms with Crippen LogP contribution in [0.25, 0.3) is 0 Å². The molecule has 0 amide bonds. The minimum absolute atomic E-state index is 0. The second-order valence-corrected chi connectivity index (χ2v) is 7.74. The summed E-state index contributed by atoms with van der Waals surface area (Å²) >= 11 is 0. The molecule has 2 aromatic rings. The summed E-state index contributed by atoms with van der Waals surface area (Å²) in [4.78, 5) is 4.97. The number of methoxy groups -OCH3 is 2. The summed E-state index contributed by atoms with van der Waals surface area (Å²) < 4.78 is 22.1. The van der Waals surface area contributed by atoms with E-state index in [4.69, 9.17) is 23.9 Å². The third-order valence-electron chi connectivity index (χ3n) is 5.76. The van der Waals surface area contributed by atoms with E-state index in [0.717, 1.165) is 55.7 Å². The SMILES string of the molecule is CCNC(=NCC1(c2ccc(OC)cc2)CCOCC1)Nc1ccc(OCC)c(OC)c1.I. The summed E-state index contributed by atoms with van der Waals surface area (Å²) in [5.74, 6) is 3.01. The lowest BCUT2D eigenvalue weighted by atomic mass is 9.74. The van der Waals surface area contributed by atoms with E-state index in [0.29, 0.717) is 18.9 Å². The second kappa shape index (κ2) is 13.5. The van der Waals surface area contributed by atoms with Crippen LogP contribution >= 0.6 is 24.0 Å². The molecule has 0 spiro atoms. The van der Waals surface area contributed by atoms with Crippen molar-refractivity contribution in [2.24, 2.45) is 4.99 Å². The molecule has 1 heterocycles. The fourth-order valence-corrected chi connectivity index (χ4v) is 3.94. The van der Waals surface area contributed by atoms with Gasteiger partial charge in [0.15, 0.2) is 17.5 Å². The van der Waals surface area contributed by atoms with Crippen molar-refractivity contribution in [1.29, 1.82) is 0 Å². The van der Waals surface area contributed by atoms with Crippen molar-refractivity contribution in [2.45, 2.75) is 32.1 Å². The largest absolute Gasteiger partial charge is 0.497 e. The zero-order valence-corrected chi connectivity index (χ0v) is 22.3. The topological polar surface area (TPSA) is 73.3 Å². The third-order valence-corrected chi connectivity index (χ3v) is 5.76. The number of anilines is 1. The van der Waals surface area contributed by atoms with E-state index in [1.807, 2.05) is 37.3 Å². The quantitative estimate of drug-likeness (QED) is 0.256. The van der Waals surface area contributed by atoms with Crippen LogP contribution in [0.15, 0.2) is 47.5 Å². The number of nitrogens with one attached hydrogen (secondary N) is 2. The van der Waals surface area contributed by atoms with Crippen LogP contribution in [0.3, 0.4) is 0 Å². The van der Waals surface area contributed by atoms with Crippen LogP contribution in [0.4, 0.5) is 5.69 Å². The van der Waals surface area contributed by atoms with Gasteiger partial charge in [0.05, 0.1) is 27.4 Å². The van der Waals surface area contributed by atoms with Crippen molar-refractivity contribution in [3.05, 3.63) is 48.0 Å². The maximum atomic E-state index is 5.67. The summed E-state index contributed by atoms with van der Waals surface area (Å²) in [5.41, 5.74) is 2.09. The van der Waals surface area contributed by atoms with Crippen molar-refractivity contribution in [2.75, 3.05) is 52.4 Å². The van der Waals surface area contributed by atoms with E-state index in [-0.39, 0.29) is 29.4 Å². The Morgan fingerprint density at radius 3 is 2.33 bits per heavy atom. The van der Waals surface area contributed by atoms with E-state index in [1.54, 1.807) is 14.2 Å². The van der Waals surface area contributed by atoms with Gasteiger partial charge in [0.2, 0.25) is 0 Å². The van der Waals surface area contributed by atoms with Gasteiger partial charge < -0.3 is 29.6 Å². The first-order valence-electron chi connectivity index (χ1n) is 11.2. The van der Waals surface area contributed by atoms with Crippen LogP contribution in [0.2, 0.25) is 0 Å². The molecule has 1 fully saturated rings. The normalized spacial score (nSPS) is 15.2. The Labute approximate surface area is 214 Å². The fourth-order valence-electron chi connectivity index (χ4n) is 3.94. The van der Waals surface area contributed by atoms with Gasteiger partial charge in [0.1, 0.15) is 5.75 Å². The molecule has 7 nitrogen and oxygen atoms in total. The van der Waals surface area contributed by atoms with Gasteiger partial charge in [0, 0.05) is 36.9 Å². The Balaban J connectivity index is 0.00000385. The van der Waals surface area contributed by atoms with Gasteiger partial charge >= 0.3 is 0 Å². The monoisotopic (exact) mass is 569 g/mol. The number of halogens is 1. The number of aliphatic imine (C=N–C) groups is 1. The molecule has 33 heavy (non-hydrogen) atoms. The Kier molecular flexibility index (Phi) is 11.1. The minimum Gasteiger partial charge on any atom is -0.497 e. The molecule has 2 N–H and O–H groups in total. The van der Waals surface area contributed by atoms with Gasteiger partial charge in [-0.2, -0.15) is 0 Å². The fraction of sp³-hybridized carbons (Fsp3) is 0.480. The maximum absolute atomic E-state index is 5.67. The minimum atomic E-state index is -0.0661. The van der Waals surface area contributed by atoms with E-state index in [1.165, 1.54) is 5.56 Å². The highest BCUT2D eigenvalue weighted by Gasteiger charge is 2.34. The van der Waals surface area contributed by atoms with Crippen LogP contribution in [-0.2, 0) is 10.2 Å². The molecule has 1 saturated heterocycles. The van der Waals surface area contributed by atoms with E-state index in [2.05, 4.69) is 29.7 Å². The van der Waals surface area contributed by atoms with E-state index >= 15 is 0 Å². The highest BCUT2D eigenvalue weighted by Crippen LogP contribution is 2.36. The first kappa shape index (κ1) is 27.0. The summed E-state index contributed by atoms with van der Waals surface area (Å²) in [7, 11) is 3.33. The molecular formula is C25H36IN3O4. The molecule has 0 radical (unpaired) electrons. The summed E-state index contributed by atoms with van der Waals surface area (Å²) in [6.45, 7) is 7.50. The summed E-state index contributed by atoms with van der Waals surface area (Å²) in [6, 6.07) is 14.1. The predicted molar refractivity (Wildman–Crippen MR) is 144 cm³/mol. The first-order chi connectivity index (χ1) is 15.6. The Hall–Kier alpha value is -2.20. The number of nitrogens with zero attached hydrogens (tertiary/aromatic N) is 1. The number of hydrogen-bond donors (Lipinski definition) is 2. The highest BCUT2D eigenvalue weighted by atomic mass is 127. The molecule has 8 heteroatoms. The Morgan fingerprint density at radius 2 is 1.73 bits per heavy atom. The van der Waals surface area contributed by atoms with Crippen LogP contribution < -0.4 is 24.8 Å². The lowest BCUT2D eigenvalue weighted by Crippen LogP contribution is -2.39. The van der Waals surface area contributed by atoms with Gasteiger partial charge in [0.25, 0.3) is 0 Å². The second-order valence-electron chi connectivity index (χ2n) is 7.74. The van der Waals surface area contributed by atoms with Crippen molar-refractivity contribution in [1.82, 2.24) is 5.32 Å². The molecule has 1 aliphatic rings. The molecular weight excluding hydrogens is 533 g/mol. The first-order valence-corrected chi connectivity index (χ1v) is 11.2. The average Bonchev–Trinajstić information content (AvgIpc) is 2.84. The van der Waals surface area contributed by atoms with Crippen molar-refractivity contribution < 1.29 is 18.9 Å². The van der Waals surface area contributed by atoms with Crippen molar-refractivity contribution in [3.8, 4) is 17.2 Å². The Morgan fingerprint density at radius 1 is 1.00 bits per heavy atom. The maximum Gasteiger partial charge on any atom is 0.195 e. The van der Waals surface area contributed by atoms with Gasteiger partial charge in [-0.15, -0.1) is 24.0 Å². The molecule has 0 bridgehead atoms. The smallest absolute Gasteiger partial charge is 0.195 e. The molecule has 0 unspecified atom stereocenters. The molecule has 0 atom stereocenters. The summed E-state index contributed by atoms with van der Waals surface area (Å²) in [5, 5.41) is 6.75. The van der Waals surface area contributed by atoms with Crippen LogP contribution in [0.1, 0.15) is 32.3 Å². The zero-order chi connectivity index (χ0) is 22.8. The molecule has 0 aromatic heterocycles. The number of guanidine groups is 1. The summed E-state index contributed by atoms with van der Waals surface area (Å²) in [6.07, 6.45) is 1.86. The molecule has 2 aromatic carbocycles. The highest BCUT2D eigenvalue weighted by molar-refractivity contribution is 14.0. The number of hydrogen-bond acceptors (Lipinski definition) is 5. The predicted octanol–water partition coefficient (Wildman–Crippen LogP) is 4.85. The van der Waals surface area contributed by atoms with E-state index < -0.39 is 0 Å². The van der Waals surface area contributed by atoms with Gasteiger partial charge in [-0.25, -0.2) is 0 Å². The number of benzene rings is 2. The molecule has 3 rings (SSSR count). The van der Waals surface area contributed by atoms with Crippen molar-refractivity contribution in [3.63, 3.8) is 0 Å². The molecule has 0 saturated carbocycles. The Bertz CT molecular complexity index is 884. The van der Waals surface area contributed by atoms with Crippen LogP contribution in [0.5, 0.6) is 17.2 Å². The average molecular weight is 569 g/mol. The molecule has 1 aliphatic heterocycles. The lowest BCUT2D eigenvalue weighted by molar-refractivity contribution is 0.0531. The van der Waals surface area contributed by atoms with Crippen molar-refractivity contribution >= 4 is 35.6 Å². The number of ether oxygens (including phenoxy) is 4. The third kappa shape index (κ3) is 7.14. The van der Waals surface area contributed by atoms with Gasteiger partial charge in [-0.3, -0.25) is 4.99 Å². The molecule has 0 aliphatic carbocycles. The van der Waals surface area contributed by atoms with Gasteiger partial charge in [-0.1, -0.05) is 12.1 Å². The molecule has 182 valence electrons. The van der Waals surface area contributed by atoms with Gasteiger partial charge in [-0.05, 0) is 56.5 Å². The zero-order valence-electron chi connectivity index (χ0n) is 20.0. The van der Waals surface area contributed by atoms with E-state index in [9.17, 15) is 0 Å². The lowest BCUT2D eigenvalue weighted by Gasteiger charge is -2.36. The number of rotatable bonds is 9. The standard InChI is InChI=1S/C25H35N3O4.HI/c1-5-26-24(28-20-9-12-22(32-6-2)23(17-20)30-4)27-18-25(13-15-31-16-14-25)19-7-10-21(29-3)11-8-19;/h7-12,17H,5-6,13-16,18H2,1-4H3,(H2,26,27,28);1H. The van der Waals surface area contributed by atoms with Crippen LogP contribution in [-0.4, -0.2) is 53.1 Å².